The molecule has 0 aromatic carbocycles. The highest BCUT2D eigenvalue weighted by Gasteiger charge is 2.29. The van der Waals surface area contributed by atoms with Gasteiger partial charge < -0.3 is 14.5 Å². The van der Waals surface area contributed by atoms with E-state index in [1.165, 1.54) is 0 Å². The van der Waals surface area contributed by atoms with Crippen molar-refractivity contribution in [2.45, 2.75) is 57.6 Å². The third kappa shape index (κ3) is 3.93. The average molecular weight is 268 g/mol. The van der Waals surface area contributed by atoms with Crippen molar-refractivity contribution in [3.63, 3.8) is 0 Å². The molecule has 0 saturated carbocycles. The van der Waals surface area contributed by atoms with Gasteiger partial charge in [0.15, 0.2) is 0 Å². The van der Waals surface area contributed by atoms with Gasteiger partial charge in [-0.25, -0.2) is 0 Å². The second-order valence-corrected chi connectivity index (χ2v) is 5.83. The molecule has 0 aromatic heterocycles. The molecule has 2 fully saturated rings. The first-order valence-electron chi connectivity index (χ1n) is 7.79. The summed E-state index contributed by atoms with van der Waals surface area (Å²) in [5.74, 6) is 0.346. The van der Waals surface area contributed by atoms with Crippen LogP contribution in [0.1, 0.15) is 45.4 Å². The molecule has 0 bridgehead atoms. The van der Waals surface area contributed by atoms with Gasteiger partial charge in [-0.3, -0.25) is 4.79 Å². The second kappa shape index (κ2) is 7.25. The van der Waals surface area contributed by atoms with E-state index in [0.717, 1.165) is 58.3 Å². The first-order chi connectivity index (χ1) is 9.24. The standard InChI is InChI=1S/C15H28N2O2/c1-3-4-15(18)17-9-5-13(6-10-17)16-11-7-14(19-2)8-12-16/h13-14H,3-12H2,1-2H3. The predicted octanol–water partition coefficient (Wildman–Crippen LogP) is 1.89. The molecule has 4 heteroatoms. The van der Waals surface area contributed by atoms with Gasteiger partial charge in [0.25, 0.3) is 0 Å². The number of amides is 1. The van der Waals surface area contributed by atoms with E-state index in [2.05, 4.69) is 16.7 Å². The third-order valence-corrected chi connectivity index (χ3v) is 4.61. The normalized spacial score (nSPS) is 23.8. The van der Waals surface area contributed by atoms with E-state index < -0.39 is 0 Å². The van der Waals surface area contributed by atoms with E-state index >= 15 is 0 Å². The maximum absolute atomic E-state index is 11.9. The molecule has 2 rings (SSSR count). The molecular weight excluding hydrogens is 240 g/mol. The molecule has 0 aliphatic carbocycles. The molecule has 2 aliphatic rings. The summed E-state index contributed by atoms with van der Waals surface area (Å²) in [6.07, 6.45) is 6.74. The minimum atomic E-state index is 0.346. The number of rotatable bonds is 4. The first-order valence-corrected chi connectivity index (χ1v) is 7.79. The van der Waals surface area contributed by atoms with E-state index in [0.29, 0.717) is 24.5 Å². The van der Waals surface area contributed by atoms with Crippen LogP contribution in [0.25, 0.3) is 0 Å². The van der Waals surface area contributed by atoms with Gasteiger partial charge in [-0.05, 0) is 32.1 Å². The van der Waals surface area contributed by atoms with Gasteiger partial charge in [0.05, 0.1) is 6.10 Å². The number of hydrogen-bond acceptors (Lipinski definition) is 3. The number of ether oxygens (including phenoxy) is 1. The molecule has 0 atom stereocenters. The number of methoxy groups -OCH3 is 1. The van der Waals surface area contributed by atoms with Crippen LogP contribution in [0.5, 0.6) is 0 Å². The summed E-state index contributed by atoms with van der Waals surface area (Å²) in [4.78, 5) is 16.5. The van der Waals surface area contributed by atoms with Crippen molar-refractivity contribution in [1.82, 2.24) is 9.80 Å². The fourth-order valence-corrected chi connectivity index (χ4v) is 3.33. The Hall–Kier alpha value is -0.610. The summed E-state index contributed by atoms with van der Waals surface area (Å²) in [5.41, 5.74) is 0. The van der Waals surface area contributed by atoms with Gasteiger partial charge in [0.2, 0.25) is 5.91 Å². The van der Waals surface area contributed by atoms with Gasteiger partial charge in [0.1, 0.15) is 0 Å². The van der Waals surface area contributed by atoms with E-state index in [4.69, 9.17) is 4.74 Å². The van der Waals surface area contributed by atoms with Crippen molar-refractivity contribution >= 4 is 5.91 Å². The van der Waals surface area contributed by atoms with Crippen LogP contribution in [0.4, 0.5) is 0 Å². The predicted molar refractivity (Wildman–Crippen MR) is 76.1 cm³/mol. The van der Waals surface area contributed by atoms with Crippen LogP contribution in [-0.4, -0.2) is 61.1 Å². The van der Waals surface area contributed by atoms with Gasteiger partial charge in [-0.15, -0.1) is 0 Å². The number of piperidine rings is 2. The molecule has 0 radical (unpaired) electrons. The van der Waals surface area contributed by atoms with Crippen molar-refractivity contribution < 1.29 is 9.53 Å². The molecule has 0 N–H and O–H groups in total. The SMILES string of the molecule is CCCC(=O)N1CCC(N2CCC(OC)CC2)CC1. The number of carbonyl (C=O) groups excluding carboxylic acids is 1. The van der Waals surface area contributed by atoms with Gasteiger partial charge in [0, 0.05) is 45.8 Å². The number of likely N-dealkylation sites (tertiary alicyclic amines) is 2. The van der Waals surface area contributed by atoms with Crippen molar-refractivity contribution in [2.75, 3.05) is 33.3 Å². The first kappa shape index (κ1) is 14.8. The van der Waals surface area contributed by atoms with Crippen molar-refractivity contribution in [2.24, 2.45) is 0 Å². The largest absolute Gasteiger partial charge is 0.381 e. The van der Waals surface area contributed by atoms with Crippen LogP contribution in [0.15, 0.2) is 0 Å². The molecule has 4 nitrogen and oxygen atoms in total. The summed E-state index contributed by atoms with van der Waals surface area (Å²) < 4.78 is 5.42. The highest BCUT2D eigenvalue weighted by atomic mass is 16.5. The number of nitrogens with zero attached hydrogens (tertiary/aromatic N) is 2. The van der Waals surface area contributed by atoms with Crippen LogP contribution in [0.2, 0.25) is 0 Å². The molecule has 0 spiro atoms. The Morgan fingerprint density at radius 3 is 2.26 bits per heavy atom. The van der Waals surface area contributed by atoms with Crippen LogP contribution >= 0.6 is 0 Å². The van der Waals surface area contributed by atoms with E-state index in [1.807, 2.05) is 7.11 Å². The monoisotopic (exact) mass is 268 g/mol. The Balaban J connectivity index is 1.73. The molecule has 2 aliphatic heterocycles. The van der Waals surface area contributed by atoms with Gasteiger partial charge in [-0.2, -0.15) is 0 Å². The molecule has 110 valence electrons. The number of hydrogen-bond donors (Lipinski definition) is 0. The summed E-state index contributed by atoms with van der Waals surface area (Å²) in [6.45, 7) is 6.30. The molecule has 19 heavy (non-hydrogen) atoms. The summed E-state index contributed by atoms with van der Waals surface area (Å²) in [5, 5.41) is 0. The van der Waals surface area contributed by atoms with Gasteiger partial charge >= 0.3 is 0 Å². The minimum Gasteiger partial charge on any atom is -0.381 e. The molecule has 0 aromatic rings. The Bertz CT molecular complexity index is 280. The summed E-state index contributed by atoms with van der Waals surface area (Å²) in [7, 11) is 1.82. The molecule has 0 unspecified atom stereocenters. The Kier molecular flexibility index (Phi) is 5.64. The summed E-state index contributed by atoms with van der Waals surface area (Å²) >= 11 is 0. The fourth-order valence-electron chi connectivity index (χ4n) is 3.33. The fraction of sp³-hybridized carbons (Fsp3) is 0.933. The van der Waals surface area contributed by atoms with Crippen LogP contribution in [-0.2, 0) is 9.53 Å². The molecule has 1 amide bonds. The zero-order chi connectivity index (χ0) is 13.7. The van der Waals surface area contributed by atoms with Crippen molar-refractivity contribution in [1.29, 1.82) is 0 Å². The number of carbonyl (C=O) groups is 1. The van der Waals surface area contributed by atoms with Crippen LogP contribution in [0, 0.1) is 0 Å². The lowest BCUT2D eigenvalue weighted by atomic mass is 9.98. The quantitative estimate of drug-likeness (QED) is 0.780. The molecular formula is C15H28N2O2. The Morgan fingerprint density at radius 1 is 1.11 bits per heavy atom. The molecule has 2 heterocycles. The lowest BCUT2D eigenvalue weighted by Gasteiger charge is -2.41. The summed E-state index contributed by atoms with van der Waals surface area (Å²) in [6, 6.07) is 0.684. The topological polar surface area (TPSA) is 32.8 Å². The highest BCUT2D eigenvalue weighted by Crippen LogP contribution is 2.22. The van der Waals surface area contributed by atoms with E-state index in [1.54, 1.807) is 0 Å². The smallest absolute Gasteiger partial charge is 0.222 e. The molecule has 2 saturated heterocycles. The zero-order valence-corrected chi connectivity index (χ0v) is 12.4. The minimum absolute atomic E-state index is 0.346. The second-order valence-electron chi connectivity index (χ2n) is 5.83. The Morgan fingerprint density at radius 2 is 1.74 bits per heavy atom. The van der Waals surface area contributed by atoms with Crippen LogP contribution < -0.4 is 0 Å². The lowest BCUT2D eigenvalue weighted by molar-refractivity contribution is -0.132. The zero-order valence-electron chi connectivity index (χ0n) is 12.4. The lowest BCUT2D eigenvalue weighted by Crippen LogP contribution is -2.49. The Labute approximate surface area is 117 Å². The van der Waals surface area contributed by atoms with Crippen molar-refractivity contribution in [3.8, 4) is 0 Å². The van der Waals surface area contributed by atoms with Gasteiger partial charge in [-0.1, -0.05) is 6.92 Å². The van der Waals surface area contributed by atoms with Crippen molar-refractivity contribution in [3.05, 3.63) is 0 Å². The van der Waals surface area contributed by atoms with E-state index in [9.17, 15) is 4.79 Å². The maximum Gasteiger partial charge on any atom is 0.222 e. The highest BCUT2D eigenvalue weighted by molar-refractivity contribution is 5.76. The third-order valence-electron chi connectivity index (χ3n) is 4.61. The average Bonchev–Trinajstić information content (AvgIpc) is 2.48. The van der Waals surface area contributed by atoms with Crippen LogP contribution in [0.3, 0.4) is 0 Å². The van der Waals surface area contributed by atoms with E-state index in [-0.39, 0.29) is 0 Å². The maximum atomic E-state index is 11.9.